The van der Waals surface area contributed by atoms with Crippen LogP contribution in [0, 0.1) is 5.82 Å². The fourth-order valence-corrected chi connectivity index (χ4v) is 5.53. The number of likely N-dealkylation sites (tertiary alicyclic amines) is 1. The highest BCUT2D eigenvalue weighted by molar-refractivity contribution is 6.31. The van der Waals surface area contributed by atoms with E-state index in [0.717, 1.165) is 12.0 Å². The first-order valence-corrected chi connectivity index (χ1v) is 14.0. The normalized spacial score (nSPS) is 21.3. The highest BCUT2D eigenvalue weighted by Crippen LogP contribution is 2.38. The maximum atomic E-state index is 13.4. The predicted octanol–water partition coefficient (Wildman–Crippen LogP) is 3.12. The fourth-order valence-electron chi connectivity index (χ4n) is 5.53. The molecule has 3 aliphatic rings. The van der Waals surface area contributed by atoms with Crippen molar-refractivity contribution in [2.45, 2.75) is 56.8 Å². The van der Waals surface area contributed by atoms with Crippen LogP contribution in [-0.4, -0.2) is 79.6 Å². The average molecular weight is 571 g/mol. The first-order valence-electron chi connectivity index (χ1n) is 14.0. The molecule has 3 aliphatic heterocycles. The zero-order chi connectivity index (χ0) is 29.0. The van der Waals surface area contributed by atoms with Crippen molar-refractivity contribution in [3.8, 4) is 5.75 Å². The van der Waals surface area contributed by atoms with E-state index in [9.17, 15) is 18.8 Å². The molecule has 11 heteroatoms. The van der Waals surface area contributed by atoms with Gasteiger partial charge in [0.2, 0.25) is 5.91 Å². The second kappa shape index (κ2) is 12.1. The highest BCUT2D eigenvalue weighted by Gasteiger charge is 2.58. The van der Waals surface area contributed by atoms with Crippen LogP contribution in [0.25, 0.3) is 0 Å². The SMILES string of the molecule is CCc1ccc(OC2CCN(C(=O)CN(C)CCCC3(c4ccc(F)cc4)OCCO3)C3(C2)OC(=O)C(=O)O3)cc1. The van der Waals surface area contributed by atoms with Crippen molar-refractivity contribution >= 4 is 17.8 Å². The first-order chi connectivity index (χ1) is 19.7. The molecule has 41 heavy (non-hydrogen) atoms. The van der Waals surface area contributed by atoms with Gasteiger partial charge in [-0.1, -0.05) is 31.2 Å². The van der Waals surface area contributed by atoms with Gasteiger partial charge in [-0.05, 0) is 56.3 Å². The van der Waals surface area contributed by atoms with Gasteiger partial charge in [-0.3, -0.25) is 14.6 Å². The molecular formula is C30H35FN2O8. The van der Waals surface area contributed by atoms with Crippen LogP contribution in [0.4, 0.5) is 4.39 Å². The van der Waals surface area contributed by atoms with Crippen molar-refractivity contribution in [1.82, 2.24) is 9.80 Å². The number of aryl methyl sites for hydroxylation is 1. The smallest absolute Gasteiger partial charge is 0.422 e. The molecule has 0 saturated carbocycles. The topological polar surface area (TPSA) is 104 Å². The van der Waals surface area contributed by atoms with Gasteiger partial charge in [0.1, 0.15) is 17.7 Å². The van der Waals surface area contributed by atoms with Gasteiger partial charge >= 0.3 is 17.8 Å². The Labute approximate surface area is 238 Å². The van der Waals surface area contributed by atoms with Gasteiger partial charge in [0.15, 0.2) is 5.79 Å². The monoisotopic (exact) mass is 570 g/mol. The van der Waals surface area contributed by atoms with Crippen molar-refractivity contribution in [3.05, 3.63) is 65.5 Å². The summed E-state index contributed by atoms with van der Waals surface area (Å²) in [5.41, 5.74) is 1.92. The van der Waals surface area contributed by atoms with Crippen LogP contribution in [0.3, 0.4) is 0 Å². The summed E-state index contributed by atoms with van der Waals surface area (Å²) in [6.45, 7) is 3.66. The van der Waals surface area contributed by atoms with E-state index in [1.165, 1.54) is 22.6 Å². The molecule has 3 fully saturated rings. The number of carbonyl (C=O) groups is 3. The van der Waals surface area contributed by atoms with E-state index in [4.69, 9.17) is 23.7 Å². The minimum absolute atomic E-state index is 0.00430. The molecule has 1 amide bonds. The second-order valence-corrected chi connectivity index (χ2v) is 10.6. The Bertz CT molecular complexity index is 1230. The molecule has 0 aromatic heterocycles. The number of hydrogen-bond donors (Lipinski definition) is 0. The molecule has 1 atom stereocenters. The van der Waals surface area contributed by atoms with Gasteiger partial charge in [-0.2, -0.15) is 0 Å². The van der Waals surface area contributed by atoms with Gasteiger partial charge in [-0.25, -0.2) is 14.0 Å². The number of likely N-dealkylation sites (N-methyl/N-ethyl adjacent to an activating group) is 1. The van der Waals surface area contributed by atoms with Crippen LogP contribution >= 0.6 is 0 Å². The van der Waals surface area contributed by atoms with Gasteiger partial charge < -0.3 is 23.7 Å². The van der Waals surface area contributed by atoms with E-state index in [1.54, 1.807) is 19.2 Å². The number of hydrogen-bond acceptors (Lipinski definition) is 9. The summed E-state index contributed by atoms with van der Waals surface area (Å²) in [6.07, 6.45) is 2.08. The molecule has 0 N–H and O–H groups in total. The van der Waals surface area contributed by atoms with Crippen molar-refractivity contribution in [1.29, 1.82) is 0 Å². The zero-order valence-corrected chi connectivity index (χ0v) is 23.3. The number of esters is 2. The van der Waals surface area contributed by atoms with Crippen LogP contribution in [0.15, 0.2) is 48.5 Å². The number of carbonyl (C=O) groups excluding carboxylic acids is 3. The Hall–Kier alpha value is -3.54. The number of piperidine rings is 1. The van der Waals surface area contributed by atoms with E-state index in [2.05, 4.69) is 6.92 Å². The van der Waals surface area contributed by atoms with Crippen molar-refractivity contribution in [2.75, 3.05) is 39.9 Å². The molecule has 220 valence electrons. The molecule has 3 heterocycles. The quantitative estimate of drug-likeness (QED) is 0.315. The van der Waals surface area contributed by atoms with Gasteiger partial charge in [0, 0.05) is 24.9 Å². The Morgan fingerprint density at radius 2 is 1.71 bits per heavy atom. The first kappa shape index (κ1) is 29.0. The number of rotatable bonds is 10. The fraction of sp³-hybridized carbons (Fsp3) is 0.500. The molecule has 10 nitrogen and oxygen atoms in total. The maximum Gasteiger partial charge on any atom is 0.422 e. The number of benzene rings is 2. The Kier molecular flexibility index (Phi) is 8.58. The minimum Gasteiger partial charge on any atom is -0.490 e. The Morgan fingerprint density at radius 3 is 2.34 bits per heavy atom. The summed E-state index contributed by atoms with van der Waals surface area (Å²) in [6, 6.07) is 13.8. The highest BCUT2D eigenvalue weighted by atomic mass is 19.1. The number of halogens is 1. The molecule has 0 bridgehead atoms. The lowest BCUT2D eigenvalue weighted by atomic mass is 10.00. The number of amides is 1. The summed E-state index contributed by atoms with van der Waals surface area (Å²) in [7, 11) is 1.80. The lowest BCUT2D eigenvalue weighted by molar-refractivity contribution is -0.267. The number of ether oxygens (including phenoxy) is 5. The van der Waals surface area contributed by atoms with E-state index >= 15 is 0 Å². The lowest BCUT2D eigenvalue weighted by Gasteiger charge is -2.43. The van der Waals surface area contributed by atoms with Crippen molar-refractivity contribution in [3.63, 3.8) is 0 Å². The largest absolute Gasteiger partial charge is 0.490 e. The molecule has 5 rings (SSSR count). The Morgan fingerprint density at radius 1 is 1.05 bits per heavy atom. The Balaban J connectivity index is 1.19. The third-order valence-corrected chi connectivity index (χ3v) is 7.67. The average Bonchev–Trinajstić information content (AvgIpc) is 3.54. The van der Waals surface area contributed by atoms with Crippen LogP contribution in [0.2, 0.25) is 0 Å². The summed E-state index contributed by atoms with van der Waals surface area (Å²) in [5, 5.41) is 0. The molecule has 0 radical (unpaired) electrons. The standard InChI is InChI=1S/C30H35FN2O8/c1-3-21-5-11-24(12-6-21)39-25-13-16-33(30(19-25)40-27(35)28(36)41-30)26(34)20-32(2)15-4-14-29(37-17-18-38-29)22-7-9-23(31)10-8-22/h5-12,25H,3-4,13-20H2,1-2H3. The maximum absolute atomic E-state index is 13.4. The molecule has 0 aliphatic carbocycles. The summed E-state index contributed by atoms with van der Waals surface area (Å²) in [5.74, 6) is -5.09. The van der Waals surface area contributed by atoms with E-state index < -0.39 is 29.7 Å². The van der Waals surface area contributed by atoms with Gasteiger partial charge in [-0.15, -0.1) is 0 Å². The molecule has 2 aromatic carbocycles. The minimum atomic E-state index is -1.84. The van der Waals surface area contributed by atoms with Crippen LogP contribution in [0.5, 0.6) is 5.75 Å². The van der Waals surface area contributed by atoms with Crippen LogP contribution in [0.1, 0.15) is 43.7 Å². The lowest BCUT2D eigenvalue weighted by Crippen LogP contribution is -2.61. The molecule has 3 saturated heterocycles. The van der Waals surface area contributed by atoms with E-state index in [1.807, 2.05) is 29.2 Å². The molecular weight excluding hydrogens is 535 g/mol. The van der Waals surface area contributed by atoms with Crippen molar-refractivity contribution in [2.24, 2.45) is 0 Å². The third kappa shape index (κ3) is 6.37. The van der Waals surface area contributed by atoms with Gasteiger partial charge in [0.25, 0.3) is 0 Å². The summed E-state index contributed by atoms with van der Waals surface area (Å²) >= 11 is 0. The van der Waals surface area contributed by atoms with Crippen LogP contribution in [-0.2, 0) is 45.5 Å². The van der Waals surface area contributed by atoms with Gasteiger partial charge in [0.05, 0.1) is 26.2 Å². The molecule has 2 aromatic rings. The third-order valence-electron chi connectivity index (χ3n) is 7.67. The van der Waals surface area contributed by atoms with Crippen molar-refractivity contribution < 1.29 is 42.5 Å². The second-order valence-electron chi connectivity index (χ2n) is 10.6. The predicted molar refractivity (Wildman–Crippen MR) is 143 cm³/mol. The van der Waals surface area contributed by atoms with E-state index in [0.29, 0.717) is 44.8 Å². The molecule has 1 unspecified atom stereocenters. The summed E-state index contributed by atoms with van der Waals surface area (Å²) in [4.78, 5) is 40.7. The van der Waals surface area contributed by atoms with E-state index in [-0.39, 0.29) is 31.2 Å². The number of nitrogens with zero attached hydrogens (tertiary/aromatic N) is 2. The summed E-state index contributed by atoms with van der Waals surface area (Å²) < 4.78 is 42.1. The molecule has 1 spiro atoms. The zero-order valence-electron chi connectivity index (χ0n) is 23.3. The van der Waals surface area contributed by atoms with Crippen LogP contribution < -0.4 is 4.74 Å².